The first-order valence-corrected chi connectivity index (χ1v) is 10.4. The fourth-order valence-corrected chi connectivity index (χ4v) is 4.05. The lowest BCUT2D eigenvalue weighted by atomic mass is 9.83. The van der Waals surface area contributed by atoms with Crippen LogP contribution in [-0.4, -0.2) is 55.1 Å². The molecule has 1 aliphatic carbocycles. The van der Waals surface area contributed by atoms with Crippen molar-refractivity contribution in [2.24, 2.45) is 5.92 Å². The highest BCUT2D eigenvalue weighted by atomic mass is 32.5. The second-order valence-electron chi connectivity index (χ2n) is 4.76. The summed E-state index contributed by atoms with van der Waals surface area (Å²) in [6.07, 6.45) is -0.732. The van der Waals surface area contributed by atoms with Crippen LogP contribution in [0.15, 0.2) is 0 Å². The zero-order chi connectivity index (χ0) is 15.6. The van der Waals surface area contributed by atoms with Gasteiger partial charge in [-0.1, -0.05) is 6.42 Å². The van der Waals surface area contributed by atoms with Gasteiger partial charge in [0.05, 0.1) is 26.2 Å². The van der Waals surface area contributed by atoms with Gasteiger partial charge in [-0.3, -0.25) is 4.57 Å². The van der Waals surface area contributed by atoms with Gasteiger partial charge in [0.2, 0.25) is 0 Å². The van der Waals surface area contributed by atoms with Crippen molar-refractivity contribution in [3.63, 3.8) is 0 Å². The summed E-state index contributed by atoms with van der Waals surface area (Å²) in [5, 5.41) is 0. The molecule has 0 bridgehead atoms. The van der Waals surface area contributed by atoms with E-state index >= 15 is 0 Å². The number of hydrogen-bond donors (Lipinski definition) is 3. The van der Waals surface area contributed by atoms with Crippen molar-refractivity contribution in [1.82, 2.24) is 0 Å². The van der Waals surface area contributed by atoms with Gasteiger partial charge in [-0.25, -0.2) is 0 Å². The smallest absolute Gasteiger partial charge is 0.325 e. The molecule has 7 nitrogen and oxygen atoms in total. The third-order valence-corrected chi connectivity index (χ3v) is 5.85. The Morgan fingerprint density at radius 3 is 2.35 bits per heavy atom. The van der Waals surface area contributed by atoms with Crippen LogP contribution >= 0.6 is 14.3 Å². The van der Waals surface area contributed by atoms with Gasteiger partial charge in [0.1, 0.15) is 0 Å². The Kier molecular flexibility index (Phi) is 6.86. The number of rotatable bonds is 7. The minimum absolute atomic E-state index is 0.210. The van der Waals surface area contributed by atoms with Gasteiger partial charge in [-0.2, -0.15) is 0 Å². The van der Waals surface area contributed by atoms with Crippen molar-refractivity contribution in [2.45, 2.75) is 30.9 Å². The van der Waals surface area contributed by atoms with Gasteiger partial charge in [0, 0.05) is 14.2 Å². The Morgan fingerprint density at radius 1 is 1.30 bits per heavy atom. The largest absolute Gasteiger partial charge is 0.379 e. The van der Waals surface area contributed by atoms with Crippen molar-refractivity contribution in [2.75, 3.05) is 20.4 Å². The zero-order valence-electron chi connectivity index (χ0n) is 11.3. The molecular weight excluding hydrogens is 325 g/mol. The maximum absolute atomic E-state index is 11.0. The summed E-state index contributed by atoms with van der Waals surface area (Å²) in [7, 11) is 4.52. The molecule has 1 fully saturated rings. The molecule has 20 heavy (non-hydrogen) atoms. The molecule has 3 N–H and O–H groups in total. The lowest BCUT2D eigenvalue weighted by Gasteiger charge is -2.28. The first kappa shape index (κ1) is 18.8. The van der Waals surface area contributed by atoms with E-state index in [4.69, 9.17) is 43.2 Å². The van der Waals surface area contributed by atoms with E-state index in [1.54, 1.807) is 0 Å². The van der Waals surface area contributed by atoms with Crippen LogP contribution in [0.4, 0.5) is 0 Å². The summed E-state index contributed by atoms with van der Waals surface area (Å²) in [5.41, 5.74) is 0. The summed E-state index contributed by atoms with van der Waals surface area (Å²) in [4.78, 5) is 27.7. The molecule has 0 aliphatic heterocycles. The van der Waals surface area contributed by atoms with E-state index in [0.29, 0.717) is 6.42 Å². The van der Waals surface area contributed by atoms with Crippen LogP contribution in [-0.2, 0) is 30.2 Å². The van der Waals surface area contributed by atoms with Gasteiger partial charge < -0.3 is 28.5 Å². The fraction of sp³-hybridized carbons (Fsp3) is 1.00. The average molecular weight is 344 g/mol. The van der Waals surface area contributed by atoms with Crippen LogP contribution in [0.5, 0.6) is 0 Å². The summed E-state index contributed by atoms with van der Waals surface area (Å²) in [5.74, 6) is -0.606. The maximum Gasteiger partial charge on any atom is 0.325 e. The van der Waals surface area contributed by atoms with E-state index in [9.17, 15) is 9.46 Å². The van der Waals surface area contributed by atoms with E-state index in [0.717, 1.165) is 0 Å². The molecule has 1 rings (SSSR count). The molecule has 0 heterocycles. The van der Waals surface area contributed by atoms with Crippen molar-refractivity contribution in [3.05, 3.63) is 0 Å². The summed E-state index contributed by atoms with van der Waals surface area (Å²) in [6.45, 7) is -3.40. The Morgan fingerprint density at radius 2 is 1.90 bits per heavy atom. The SMILES string of the molecule is [B][C@@H]1C[C@H](CCP(=O)(O)O)[C@@H](OP(O)(=S)OC)[C@H]1OC. The predicted molar refractivity (Wildman–Crippen MR) is 78.3 cm³/mol. The molecule has 1 saturated carbocycles. The van der Waals surface area contributed by atoms with Gasteiger partial charge >= 0.3 is 14.3 Å². The average Bonchev–Trinajstić information content (AvgIpc) is 2.61. The quantitative estimate of drug-likeness (QED) is 0.460. The minimum Gasteiger partial charge on any atom is -0.379 e. The van der Waals surface area contributed by atoms with Gasteiger partial charge in [0.15, 0.2) is 0 Å². The second kappa shape index (κ2) is 7.31. The summed E-state index contributed by atoms with van der Waals surface area (Å²) >= 11 is 4.80. The third kappa shape index (κ3) is 5.48. The van der Waals surface area contributed by atoms with Crippen LogP contribution in [0, 0.1) is 5.92 Å². The van der Waals surface area contributed by atoms with E-state index in [-0.39, 0.29) is 24.3 Å². The van der Waals surface area contributed by atoms with Gasteiger partial charge in [-0.05, 0) is 30.0 Å². The normalized spacial score (nSPS) is 34.0. The Hall–Kier alpha value is 0.705. The molecule has 0 amide bonds. The standard InChI is InChI=1S/C9H19BO7P2S/c1-15-9-7(10)5-6(3-4-18(11,12)13)8(9)17-19(14,20)16-2/h6-9H,3-5H2,1-2H3,(H,14,20)(H2,11,12,13)/t6-,7+,8+,9-,19?/m0/s1. The van der Waals surface area contributed by atoms with Crippen LogP contribution in [0.3, 0.4) is 0 Å². The highest BCUT2D eigenvalue weighted by molar-refractivity contribution is 8.07. The number of ether oxygens (including phenoxy) is 1. The molecule has 11 heteroatoms. The van der Waals surface area contributed by atoms with Crippen LogP contribution in [0.1, 0.15) is 12.8 Å². The fourth-order valence-electron chi connectivity index (χ4n) is 2.40. The monoisotopic (exact) mass is 344 g/mol. The number of methoxy groups -OCH3 is 1. The second-order valence-corrected chi connectivity index (χ2v) is 9.43. The molecular formula is C9H19BO7P2S. The van der Waals surface area contributed by atoms with Gasteiger partial charge in [0.25, 0.3) is 0 Å². The molecule has 5 atom stereocenters. The maximum atomic E-state index is 11.0. The van der Waals surface area contributed by atoms with E-state index < -0.39 is 26.5 Å². The minimum atomic E-state index is -4.10. The molecule has 0 saturated heterocycles. The topological polar surface area (TPSA) is 105 Å². The molecule has 1 unspecified atom stereocenters. The van der Waals surface area contributed by atoms with E-state index in [1.807, 2.05) is 0 Å². The molecule has 0 aromatic carbocycles. The highest BCUT2D eigenvalue weighted by Gasteiger charge is 2.44. The molecule has 0 aromatic rings. The van der Waals surface area contributed by atoms with Crippen molar-refractivity contribution in [1.29, 1.82) is 0 Å². The van der Waals surface area contributed by atoms with Crippen molar-refractivity contribution < 1.29 is 33.0 Å². The Bertz CT molecular complexity index is 417. The molecule has 0 aromatic heterocycles. The molecule has 2 radical (unpaired) electrons. The van der Waals surface area contributed by atoms with Crippen LogP contribution in [0.25, 0.3) is 0 Å². The molecule has 0 spiro atoms. The number of hydrogen-bond acceptors (Lipinski definition) is 5. The van der Waals surface area contributed by atoms with E-state index in [1.165, 1.54) is 14.2 Å². The van der Waals surface area contributed by atoms with Gasteiger partial charge in [-0.15, -0.1) is 0 Å². The Balaban J connectivity index is 2.80. The highest BCUT2D eigenvalue weighted by Crippen LogP contribution is 2.51. The Labute approximate surface area is 124 Å². The predicted octanol–water partition coefficient (Wildman–Crippen LogP) is 0.794. The molecule has 116 valence electrons. The van der Waals surface area contributed by atoms with Crippen molar-refractivity contribution in [3.8, 4) is 0 Å². The molecule has 1 aliphatic rings. The lowest BCUT2D eigenvalue weighted by molar-refractivity contribution is -0.00164. The van der Waals surface area contributed by atoms with Crippen LogP contribution < -0.4 is 0 Å². The summed E-state index contributed by atoms with van der Waals surface area (Å²) < 4.78 is 26.4. The lowest BCUT2D eigenvalue weighted by Crippen LogP contribution is -2.31. The van der Waals surface area contributed by atoms with Crippen molar-refractivity contribution >= 4 is 34.0 Å². The van der Waals surface area contributed by atoms with Crippen LogP contribution in [0.2, 0.25) is 5.82 Å². The first-order valence-electron chi connectivity index (χ1n) is 5.99. The first-order chi connectivity index (χ1) is 9.09. The summed E-state index contributed by atoms with van der Waals surface area (Å²) in [6, 6.07) is 0. The van der Waals surface area contributed by atoms with E-state index in [2.05, 4.69) is 0 Å². The zero-order valence-corrected chi connectivity index (χ0v) is 13.9. The third-order valence-electron chi connectivity index (χ3n) is 3.33.